The van der Waals surface area contributed by atoms with Gasteiger partial charge in [0.2, 0.25) is 0 Å². The Morgan fingerprint density at radius 1 is 0.759 bits per heavy atom. The van der Waals surface area contributed by atoms with Crippen LogP contribution in [0, 0.1) is 0 Å². The van der Waals surface area contributed by atoms with Crippen LogP contribution in [0.5, 0.6) is 0 Å². The molecule has 8 heteroatoms. The summed E-state index contributed by atoms with van der Waals surface area (Å²) in [7, 11) is 8.05. The van der Waals surface area contributed by atoms with Crippen LogP contribution in [0.4, 0.5) is 23.0 Å². The maximum absolute atomic E-state index is 4.22. The lowest BCUT2D eigenvalue weighted by atomic mass is 10.2. The highest BCUT2D eigenvalue weighted by Crippen LogP contribution is 2.13. The maximum Gasteiger partial charge on any atom is 0.170 e. The van der Waals surface area contributed by atoms with Gasteiger partial charge in [0.1, 0.15) is 5.82 Å². The molecule has 0 saturated carbocycles. The van der Waals surface area contributed by atoms with Crippen molar-refractivity contribution in [2.75, 3.05) is 48.8 Å². The third-order valence-electron chi connectivity index (χ3n) is 4.19. The number of benzene rings is 2. The Bertz CT molecular complexity index is 875. The second-order valence-corrected chi connectivity index (χ2v) is 6.88. The van der Waals surface area contributed by atoms with Crippen LogP contribution >= 0.6 is 0 Å². The van der Waals surface area contributed by atoms with Gasteiger partial charge in [-0.15, -0.1) is 0 Å². The van der Waals surface area contributed by atoms with Crippen LogP contribution in [0.1, 0.15) is 11.1 Å². The van der Waals surface area contributed by atoms with E-state index in [4.69, 9.17) is 0 Å². The smallest absolute Gasteiger partial charge is 0.170 e. The summed E-state index contributed by atoms with van der Waals surface area (Å²) in [5, 5.41) is 15.4. The molecule has 0 spiro atoms. The number of nitrogens with one attached hydrogen (secondary N) is 3. The van der Waals surface area contributed by atoms with Crippen molar-refractivity contribution in [3.05, 3.63) is 65.7 Å². The monoisotopic (exact) mass is 390 g/mol. The van der Waals surface area contributed by atoms with E-state index in [-0.39, 0.29) is 0 Å². The molecule has 8 nitrogen and oxygen atoms in total. The summed E-state index contributed by atoms with van der Waals surface area (Å²) in [6.07, 6.45) is 3.50. The number of hydrazone groups is 2. The van der Waals surface area contributed by atoms with Crippen molar-refractivity contribution in [1.29, 1.82) is 0 Å². The summed E-state index contributed by atoms with van der Waals surface area (Å²) in [6.45, 7) is 0. The van der Waals surface area contributed by atoms with Gasteiger partial charge < -0.3 is 9.80 Å². The second kappa shape index (κ2) is 9.41. The standard InChI is InChI=1S/C21H26N8/c1-28(2)18-9-5-16(6-10-18)14-22-24-20-13-21(27-26-20)25-23-15-17-7-11-19(12-8-17)29(3)4/h5-15H,1-4H3,(H3,24,25,26,27)/b22-14+,23-15+. The molecule has 3 rings (SSSR count). The largest absolute Gasteiger partial charge is 0.378 e. The van der Waals surface area contributed by atoms with Gasteiger partial charge in [-0.2, -0.15) is 15.3 Å². The van der Waals surface area contributed by atoms with Crippen molar-refractivity contribution < 1.29 is 0 Å². The fourth-order valence-electron chi connectivity index (χ4n) is 2.50. The number of rotatable bonds is 8. The zero-order chi connectivity index (χ0) is 20.6. The Morgan fingerprint density at radius 3 is 1.72 bits per heavy atom. The third-order valence-corrected chi connectivity index (χ3v) is 4.19. The Hall–Kier alpha value is -3.81. The summed E-state index contributed by atoms with van der Waals surface area (Å²) in [5.41, 5.74) is 10.1. The zero-order valence-corrected chi connectivity index (χ0v) is 17.1. The Labute approximate surface area is 170 Å². The van der Waals surface area contributed by atoms with Crippen LogP contribution in [-0.4, -0.2) is 50.8 Å². The van der Waals surface area contributed by atoms with E-state index in [1.54, 1.807) is 18.5 Å². The van der Waals surface area contributed by atoms with Gasteiger partial charge in [-0.3, -0.25) is 16.0 Å². The van der Waals surface area contributed by atoms with E-state index >= 15 is 0 Å². The molecule has 0 amide bonds. The fourth-order valence-corrected chi connectivity index (χ4v) is 2.50. The summed E-state index contributed by atoms with van der Waals surface area (Å²) in [4.78, 5) is 4.11. The quantitative estimate of drug-likeness (QED) is 0.405. The van der Waals surface area contributed by atoms with Gasteiger partial charge in [-0.1, -0.05) is 24.3 Å². The molecule has 3 aromatic rings. The molecule has 0 unspecified atom stereocenters. The number of nitrogens with zero attached hydrogens (tertiary/aromatic N) is 5. The van der Waals surface area contributed by atoms with Gasteiger partial charge in [-0.25, -0.2) is 0 Å². The highest BCUT2D eigenvalue weighted by Gasteiger charge is 1.99. The molecule has 0 aliphatic heterocycles. The molecule has 0 radical (unpaired) electrons. The number of hydrogen-bond donors (Lipinski definition) is 3. The highest BCUT2D eigenvalue weighted by molar-refractivity contribution is 5.81. The summed E-state index contributed by atoms with van der Waals surface area (Å²) < 4.78 is 0. The van der Waals surface area contributed by atoms with E-state index in [1.165, 1.54) is 0 Å². The highest BCUT2D eigenvalue weighted by atomic mass is 15.4. The Morgan fingerprint density at radius 2 is 1.24 bits per heavy atom. The van der Waals surface area contributed by atoms with Crippen molar-refractivity contribution in [3.63, 3.8) is 0 Å². The predicted octanol–water partition coefficient (Wildman–Crippen LogP) is 3.43. The lowest BCUT2D eigenvalue weighted by Crippen LogP contribution is -2.08. The first-order valence-corrected chi connectivity index (χ1v) is 9.19. The van der Waals surface area contributed by atoms with Gasteiger partial charge >= 0.3 is 0 Å². The van der Waals surface area contributed by atoms with E-state index in [0.717, 1.165) is 22.5 Å². The van der Waals surface area contributed by atoms with Crippen molar-refractivity contribution >= 4 is 35.4 Å². The summed E-state index contributed by atoms with van der Waals surface area (Å²) >= 11 is 0. The molecule has 2 aromatic carbocycles. The molecule has 29 heavy (non-hydrogen) atoms. The van der Waals surface area contributed by atoms with E-state index in [2.05, 4.69) is 41.1 Å². The molecule has 1 heterocycles. The minimum absolute atomic E-state index is 0.596. The average Bonchev–Trinajstić information content (AvgIpc) is 3.16. The Balaban J connectivity index is 1.50. The average molecular weight is 390 g/mol. The van der Waals surface area contributed by atoms with E-state index < -0.39 is 0 Å². The first-order valence-electron chi connectivity index (χ1n) is 9.19. The van der Waals surface area contributed by atoms with Crippen LogP contribution in [0.15, 0.2) is 64.8 Å². The van der Waals surface area contributed by atoms with Gasteiger partial charge in [-0.05, 0) is 35.4 Å². The number of aromatic nitrogens is 2. The maximum atomic E-state index is 4.22. The minimum atomic E-state index is 0.596. The molecule has 0 aliphatic carbocycles. The molecule has 0 atom stereocenters. The number of H-pyrrole nitrogens is 1. The summed E-state index contributed by atoms with van der Waals surface area (Å²) in [5.74, 6) is 1.26. The van der Waals surface area contributed by atoms with Crippen LogP contribution in [0.2, 0.25) is 0 Å². The molecular formula is C21H26N8. The van der Waals surface area contributed by atoms with Crippen LogP contribution < -0.4 is 20.7 Å². The van der Waals surface area contributed by atoms with Crippen molar-refractivity contribution in [2.45, 2.75) is 0 Å². The summed E-state index contributed by atoms with van der Waals surface area (Å²) in [6, 6.07) is 18.0. The first-order chi connectivity index (χ1) is 14.0. The predicted molar refractivity (Wildman–Crippen MR) is 123 cm³/mol. The van der Waals surface area contributed by atoms with Gasteiger partial charge in [0.05, 0.1) is 12.4 Å². The van der Waals surface area contributed by atoms with Crippen molar-refractivity contribution in [3.8, 4) is 0 Å². The van der Waals surface area contributed by atoms with E-state index in [1.807, 2.05) is 76.7 Å². The number of hydrogen-bond acceptors (Lipinski definition) is 7. The van der Waals surface area contributed by atoms with Crippen LogP contribution in [0.25, 0.3) is 0 Å². The molecule has 0 aliphatic rings. The SMILES string of the molecule is CN(C)c1ccc(/C=N/Nc2cc(N/N=C/c3ccc(N(C)C)cc3)[nH]n2)cc1. The first kappa shape index (κ1) is 19.9. The Kier molecular flexibility index (Phi) is 6.47. The van der Waals surface area contributed by atoms with Gasteiger partial charge in [0.15, 0.2) is 5.82 Å². The lowest BCUT2D eigenvalue weighted by Gasteiger charge is -2.11. The zero-order valence-electron chi connectivity index (χ0n) is 17.1. The van der Waals surface area contributed by atoms with Gasteiger partial charge in [0, 0.05) is 45.6 Å². The second-order valence-electron chi connectivity index (χ2n) is 6.88. The van der Waals surface area contributed by atoms with Crippen molar-refractivity contribution in [1.82, 2.24) is 10.2 Å². The molecule has 1 aromatic heterocycles. The third kappa shape index (κ3) is 5.83. The van der Waals surface area contributed by atoms with Crippen LogP contribution in [-0.2, 0) is 0 Å². The van der Waals surface area contributed by atoms with Crippen molar-refractivity contribution in [2.24, 2.45) is 10.2 Å². The normalized spacial score (nSPS) is 11.2. The molecule has 0 saturated heterocycles. The molecule has 3 N–H and O–H groups in total. The molecule has 0 fully saturated rings. The number of aromatic amines is 1. The fraction of sp³-hybridized carbons (Fsp3) is 0.190. The van der Waals surface area contributed by atoms with Gasteiger partial charge in [0.25, 0.3) is 0 Å². The topological polar surface area (TPSA) is 83.9 Å². The molecule has 150 valence electrons. The van der Waals surface area contributed by atoms with Crippen LogP contribution in [0.3, 0.4) is 0 Å². The lowest BCUT2D eigenvalue weighted by molar-refractivity contribution is 1.07. The van der Waals surface area contributed by atoms with E-state index in [9.17, 15) is 0 Å². The minimum Gasteiger partial charge on any atom is -0.378 e. The molecule has 0 bridgehead atoms. The van der Waals surface area contributed by atoms with E-state index in [0.29, 0.717) is 11.6 Å². The molecular weight excluding hydrogens is 364 g/mol. The number of anilines is 4.